The molecule has 2 rings (SSSR count). The molecular weight excluding hydrogens is 344 g/mol. The molecule has 1 amide bonds. The van der Waals surface area contributed by atoms with E-state index in [1.807, 2.05) is 6.92 Å². The van der Waals surface area contributed by atoms with E-state index in [1.165, 1.54) is 4.31 Å². The minimum Gasteiger partial charge on any atom is -0.340 e. The minimum atomic E-state index is -3.46. The molecule has 1 aliphatic heterocycles. The number of piperazine rings is 1. The molecule has 0 N–H and O–H groups in total. The third-order valence-corrected chi connectivity index (χ3v) is 5.79. The Morgan fingerprint density at radius 3 is 2.20 bits per heavy atom. The second-order valence-corrected chi connectivity index (χ2v) is 7.45. The van der Waals surface area contributed by atoms with Crippen LogP contribution < -0.4 is 0 Å². The van der Waals surface area contributed by atoms with Gasteiger partial charge in [0.1, 0.15) is 0 Å². The summed E-state index contributed by atoms with van der Waals surface area (Å²) in [6.45, 7) is 3.44. The molecule has 110 valence electrons. The van der Waals surface area contributed by atoms with E-state index >= 15 is 0 Å². The SMILES string of the molecule is CCC(=O)N1CCN(S(=O)(=O)c2ccc(Br)cc2)CC1. The Balaban J connectivity index is 2.09. The van der Waals surface area contributed by atoms with Crippen LogP contribution in [-0.2, 0) is 14.8 Å². The second kappa shape index (κ2) is 6.24. The third kappa shape index (κ3) is 3.21. The number of benzene rings is 1. The van der Waals surface area contributed by atoms with Gasteiger partial charge in [0.15, 0.2) is 0 Å². The van der Waals surface area contributed by atoms with Gasteiger partial charge in [0, 0.05) is 37.1 Å². The van der Waals surface area contributed by atoms with Gasteiger partial charge in [0.2, 0.25) is 15.9 Å². The van der Waals surface area contributed by atoms with E-state index in [1.54, 1.807) is 29.2 Å². The summed E-state index contributed by atoms with van der Waals surface area (Å²) in [7, 11) is -3.46. The molecule has 5 nitrogen and oxygen atoms in total. The Morgan fingerprint density at radius 1 is 1.15 bits per heavy atom. The summed E-state index contributed by atoms with van der Waals surface area (Å²) in [5.41, 5.74) is 0. The Kier molecular flexibility index (Phi) is 4.82. The number of sulfonamides is 1. The first-order valence-corrected chi connectivity index (χ1v) is 8.72. The van der Waals surface area contributed by atoms with E-state index in [-0.39, 0.29) is 10.8 Å². The monoisotopic (exact) mass is 360 g/mol. The van der Waals surface area contributed by atoms with E-state index in [0.29, 0.717) is 32.6 Å². The topological polar surface area (TPSA) is 57.7 Å². The molecule has 0 saturated carbocycles. The van der Waals surface area contributed by atoms with E-state index < -0.39 is 10.0 Å². The van der Waals surface area contributed by atoms with Crippen molar-refractivity contribution in [2.45, 2.75) is 18.2 Å². The molecule has 1 saturated heterocycles. The molecule has 0 unspecified atom stereocenters. The number of hydrogen-bond donors (Lipinski definition) is 0. The van der Waals surface area contributed by atoms with Crippen molar-refractivity contribution in [3.8, 4) is 0 Å². The quantitative estimate of drug-likeness (QED) is 0.823. The molecular formula is C13H17BrN2O3S. The fourth-order valence-electron chi connectivity index (χ4n) is 2.16. The summed E-state index contributed by atoms with van der Waals surface area (Å²) in [6, 6.07) is 6.60. The summed E-state index contributed by atoms with van der Waals surface area (Å²) in [6.07, 6.45) is 0.458. The van der Waals surface area contributed by atoms with Crippen molar-refractivity contribution in [2.75, 3.05) is 26.2 Å². The van der Waals surface area contributed by atoms with Crippen molar-refractivity contribution in [1.29, 1.82) is 0 Å². The maximum absolute atomic E-state index is 12.5. The maximum Gasteiger partial charge on any atom is 0.243 e. The van der Waals surface area contributed by atoms with Crippen LogP contribution >= 0.6 is 15.9 Å². The molecule has 1 heterocycles. The van der Waals surface area contributed by atoms with Crippen molar-refractivity contribution < 1.29 is 13.2 Å². The minimum absolute atomic E-state index is 0.0747. The first-order valence-electron chi connectivity index (χ1n) is 6.48. The van der Waals surface area contributed by atoms with Gasteiger partial charge in [0.05, 0.1) is 4.90 Å². The summed E-state index contributed by atoms with van der Waals surface area (Å²) >= 11 is 3.29. The molecule has 0 atom stereocenters. The molecule has 1 fully saturated rings. The highest BCUT2D eigenvalue weighted by Crippen LogP contribution is 2.20. The Hall–Kier alpha value is -0.920. The number of halogens is 1. The van der Waals surface area contributed by atoms with Gasteiger partial charge in [-0.15, -0.1) is 0 Å². The van der Waals surface area contributed by atoms with Gasteiger partial charge in [-0.2, -0.15) is 4.31 Å². The van der Waals surface area contributed by atoms with Gasteiger partial charge in [-0.1, -0.05) is 22.9 Å². The highest BCUT2D eigenvalue weighted by atomic mass is 79.9. The molecule has 1 aliphatic rings. The zero-order chi connectivity index (χ0) is 14.8. The van der Waals surface area contributed by atoms with Crippen molar-refractivity contribution in [2.24, 2.45) is 0 Å². The number of hydrogen-bond acceptors (Lipinski definition) is 3. The second-order valence-electron chi connectivity index (χ2n) is 4.59. The molecule has 1 aromatic carbocycles. The van der Waals surface area contributed by atoms with Gasteiger partial charge >= 0.3 is 0 Å². The number of nitrogens with zero attached hydrogens (tertiary/aromatic N) is 2. The normalized spacial score (nSPS) is 17.2. The first kappa shape index (κ1) is 15.5. The zero-order valence-electron chi connectivity index (χ0n) is 11.3. The molecule has 0 spiro atoms. The number of carbonyl (C=O) groups is 1. The van der Waals surface area contributed by atoms with Gasteiger partial charge in [-0.3, -0.25) is 4.79 Å². The van der Waals surface area contributed by atoms with Gasteiger partial charge in [-0.05, 0) is 24.3 Å². The van der Waals surface area contributed by atoms with Crippen LogP contribution in [-0.4, -0.2) is 49.7 Å². The Labute approximate surface area is 127 Å². The van der Waals surface area contributed by atoms with Crippen molar-refractivity contribution >= 4 is 31.9 Å². The van der Waals surface area contributed by atoms with Crippen LogP contribution in [0.5, 0.6) is 0 Å². The van der Waals surface area contributed by atoms with Gasteiger partial charge < -0.3 is 4.90 Å². The highest BCUT2D eigenvalue weighted by Gasteiger charge is 2.29. The van der Waals surface area contributed by atoms with E-state index in [2.05, 4.69) is 15.9 Å². The van der Waals surface area contributed by atoms with E-state index in [9.17, 15) is 13.2 Å². The summed E-state index contributed by atoms with van der Waals surface area (Å²) in [5, 5.41) is 0. The Bertz CT molecular complexity index is 578. The van der Waals surface area contributed by atoms with Gasteiger partial charge in [0.25, 0.3) is 0 Å². The predicted octanol–water partition coefficient (Wildman–Crippen LogP) is 1.69. The third-order valence-electron chi connectivity index (χ3n) is 3.35. The van der Waals surface area contributed by atoms with Crippen LogP contribution in [0.2, 0.25) is 0 Å². The first-order chi connectivity index (χ1) is 9.45. The lowest BCUT2D eigenvalue weighted by Gasteiger charge is -2.33. The van der Waals surface area contributed by atoms with E-state index in [4.69, 9.17) is 0 Å². The smallest absolute Gasteiger partial charge is 0.243 e. The molecule has 20 heavy (non-hydrogen) atoms. The predicted molar refractivity (Wildman–Crippen MR) is 79.8 cm³/mol. The standard InChI is InChI=1S/C13H17BrN2O3S/c1-2-13(17)15-7-9-16(10-8-15)20(18,19)12-5-3-11(14)4-6-12/h3-6H,2,7-10H2,1H3. The zero-order valence-corrected chi connectivity index (χ0v) is 13.7. The number of carbonyl (C=O) groups excluding carboxylic acids is 1. The summed E-state index contributed by atoms with van der Waals surface area (Å²) in [4.78, 5) is 13.6. The van der Waals surface area contributed by atoms with Crippen molar-refractivity contribution in [3.63, 3.8) is 0 Å². The van der Waals surface area contributed by atoms with Crippen LogP contribution in [0.3, 0.4) is 0 Å². The highest BCUT2D eigenvalue weighted by molar-refractivity contribution is 9.10. The van der Waals surface area contributed by atoms with Crippen molar-refractivity contribution in [1.82, 2.24) is 9.21 Å². The maximum atomic E-state index is 12.5. The van der Waals surface area contributed by atoms with E-state index in [0.717, 1.165) is 4.47 Å². The number of rotatable bonds is 3. The summed E-state index contributed by atoms with van der Waals surface area (Å²) in [5.74, 6) is 0.0747. The van der Waals surface area contributed by atoms with Gasteiger partial charge in [-0.25, -0.2) is 8.42 Å². The fraction of sp³-hybridized carbons (Fsp3) is 0.462. The molecule has 1 aromatic rings. The average molecular weight is 361 g/mol. The largest absolute Gasteiger partial charge is 0.340 e. The lowest BCUT2D eigenvalue weighted by molar-refractivity contribution is -0.132. The lowest BCUT2D eigenvalue weighted by atomic mass is 10.3. The molecule has 0 aliphatic carbocycles. The summed E-state index contributed by atoms with van der Waals surface area (Å²) < 4.78 is 27.2. The average Bonchev–Trinajstić information content (AvgIpc) is 2.47. The van der Waals surface area contributed by atoms with Crippen LogP contribution in [0.1, 0.15) is 13.3 Å². The van der Waals surface area contributed by atoms with Crippen LogP contribution in [0.4, 0.5) is 0 Å². The fourth-order valence-corrected chi connectivity index (χ4v) is 3.84. The van der Waals surface area contributed by atoms with Crippen molar-refractivity contribution in [3.05, 3.63) is 28.7 Å². The lowest BCUT2D eigenvalue weighted by Crippen LogP contribution is -2.50. The Morgan fingerprint density at radius 2 is 1.70 bits per heavy atom. The molecule has 0 radical (unpaired) electrons. The van der Waals surface area contributed by atoms with Crippen LogP contribution in [0.15, 0.2) is 33.6 Å². The van der Waals surface area contributed by atoms with Crippen LogP contribution in [0, 0.1) is 0 Å². The molecule has 0 aromatic heterocycles. The molecule has 0 bridgehead atoms. The van der Waals surface area contributed by atoms with Crippen LogP contribution in [0.25, 0.3) is 0 Å². The number of amides is 1. The molecule has 7 heteroatoms.